The fraction of sp³-hybridized carbons (Fsp3) is 0.259. The van der Waals surface area contributed by atoms with Gasteiger partial charge in [-0.25, -0.2) is 0 Å². The van der Waals surface area contributed by atoms with Crippen LogP contribution in [0.25, 0.3) is 0 Å². The molecule has 8 heteroatoms. The Morgan fingerprint density at radius 1 is 1.17 bits per heavy atom. The van der Waals surface area contributed by atoms with Crippen LogP contribution in [0.2, 0.25) is 0 Å². The van der Waals surface area contributed by atoms with E-state index in [2.05, 4.69) is 32.6 Å². The number of nitrogens with zero attached hydrogens (tertiary/aromatic N) is 1. The summed E-state index contributed by atoms with van der Waals surface area (Å²) < 4.78 is 13.0. The molecule has 2 heterocycles. The van der Waals surface area contributed by atoms with Crippen LogP contribution in [0, 0.1) is 19.8 Å². The Kier molecular flexibility index (Phi) is 5.97. The first kappa shape index (κ1) is 23.6. The third-order valence-corrected chi connectivity index (χ3v) is 7.49. The number of rotatable bonds is 4. The van der Waals surface area contributed by atoms with Gasteiger partial charge in [0, 0.05) is 21.4 Å². The van der Waals surface area contributed by atoms with E-state index in [9.17, 15) is 4.79 Å². The molecule has 2 bridgehead atoms. The second-order valence-corrected chi connectivity index (χ2v) is 10.4. The molecule has 2 N–H and O–H groups in total. The van der Waals surface area contributed by atoms with Gasteiger partial charge in [-0.15, -0.1) is 0 Å². The molecule has 0 aliphatic carbocycles. The third kappa shape index (κ3) is 4.04. The van der Waals surface area contributed by atoms with E-state index < -0.39 is 17.7 Å². The van der Waals surface area contributed by atoms with E-state index >= 15 is 0 Å². The molecule has 35 heavy (non-hydrogen) atoms. The summed E-state index contributed by atoms with van der Waals surface area (Å²) in [6.45, 7) is 5.95. The Morgan fingerprint density at radius 3 is 2.69 bits per heavy atom. The number of amides is 1. The van der Waals surface area contributed by atoms with Crippen molar-refractivity contribution in [2.75, 3.05) is 17.3 Å². The molecule has 0 radical (unpaired) electrons. The first-order valence-corrected chi connectivity index (χ1v) is 12.5. The number of anilines is 2. The second kappa shape index (κ2) is 8.84. The lowest BCUT2D eigenvalue weighted by atomic mass is 9.78. The summed E-state index contributed by atoms with van der Waals surface area (Å²) in [5, 5.41) is 7.07. The molecule has 3 atom stereocenters. The highest BCUT2D eigenvalue weighted by Crippen LogP contribution is 2.50. The lowest BCUT2D eigenvalue weighted by Crippen LogP contribution is -2.72. The fourth-order valence-corrected chi connectivity index (χ4v) is 5.86. The van der Waals surface area contributed by atoms with Crippen LogP contribution in [-0.2, 0) is 4.79 Å². The van der Waals surface area contributed by atoms with Gasteiger partial charge in [0.25, 0.3) is 0 Å². The number of carbonyl (C=O) groups is 1. The van der Waals surface area contributed by atoms with E-state index in [4.69, 9.17) is 21.7 Å². The predicted molar refractivity (Wildman–Crippen MR) is 145 cm³/mol. The molecule has 1 fully saturated rings. The first-order valence-electron chi connectivity index (χ1n) is 11.3. The van der Waals surface area contributed by atoms with Gasteiger partial charge in [0.05, 0.1) is 13.2 Å². The quantitative estimate of drug-likeness (QED) is 0.395. The number of methoxy groups -OCH3 is 1. The maximum Gasteiger partial charge on any atom is 0.236 e. The van der Waals surface area contributed by atoms with Crippen molar-refractivity contribution in [2.24, 2.45) is 5.92 Å². The Labute approximate surface area is 218 Å². The smallest absolute Gasteiger partial charge is 0.236 e. The predicted octanol–water partition coefficient (Wildman–Crippen LogP) is 5.87. The van der Waals surface area contributed by atoms with Crippen LogP contribution in [0.3, 0.4) is 0 Å². The lowest BCUT2D eigenvalue weighted by Gasteiger charge is -2.56. The molecule has 0 spiro atoms. The van der Waals surface area contributed by atoms with Crippen LogP contribution in [-0.4, -0.2) is 23.9 Å². The summed E-state index contributed by atoms with van der Waals surface area (Å²) in [6.07, 6.45) is 0. The number of fused-ring (bicyclic) bond motifs is 4. The summed E-state index contributed by atoms with van der Waals surface area (Å²) >= 11 is 9.38. The monoisotopic (exact) mass is 551 g/mol. The number of nitrogens with one attached hydrogen (secondary N) is 2. The first-order chi connectivity index (χ1) is 16.7. The number of carbonyl (C=O) groups excluding carboxylic acids is 1. The lowest BCUT2D eigenvalue weighted by molar-refractivity contribution is -0.130. The molecule has 0 saturated carbocycles. The van der Waals surface area contributed by atoms with Crippen molar-refractivity contribution in [3.8, 4) is 11.5 Å². The summed E-state index contributed by atoms with van der Waals surface area (Å²) in [6, 6.07) is 19.0. The Balaban J connectivity index is 1.64. The van der Waals surface area contributed by atoms with Gasteiger partial charge in [-0.05, 0) is 81.0 Å². The minimum absolute atomic E-state index is 0.159. The number of aryl methyl sites for hydroxylation is 2. The van der Waals surface area contributed by atoms with Gasteiger partial charge in [0.1, 0.15) is 17.4 Å². The van der Waals surface area contributed by atoms with Crippen LogP contribution in [0.4, 0.5) is 11.4 Å². The molecule has 1 saturated heterocycles. The zero-order valence-electron chi connectivity index (χ0n) is 19.9. The minimum atomic E-state index is -1.09. The Hall–Kier alpha value is -3.10. The van der Waals surface area contributed by atoms with Crippen LogP contribution >= 0.6 is 28.1 Å². The van der Waals surface area contributed by atoms with E-state index in [0.29, 0.717) is 16.6 Å². The number of thiocarbonyl (C=S) groups is 1. The molecule has 0 unspecified atom stereocenters. The van der Waals surface area contributed by atoms with Gasteiger partial charge in [-0.3, -0.25) is 9.69 Å². The highest BCUT2D eigenvalue weighted by Gasteiger charge is 2.59. The zero-order valence-corrected chi connectivity index (χ0v) is 22.3. The summed E-state index contributed by atoms with van der Waals surface area (Å²) in [4.78, 5) is 15.9. The number of hydrogen-bond acceptors (Lipinski definition) is 4. The van der Waals surface area contributed by atoms with Gasteiger partial charge in [-0.1, -0.05) is 39.7 Å². The van der Waals surface area contributed by atoms with Gasteiger partial charge >= 0.3 is 0 Å². The maximum atomic E-state index is 14.0. The molecule has 3 aromatic rings. The summed E-state index contributed by atoms with van der Waals surface area (Å²) in [5.41, 5.74) is 3.48. The molecule has 0 aromatic heterocycles. The van der Waals surface area contributed by atoms with E-state index in [1.54, 1.807) is 7.11 Å². The summed E-state index contributed by atoms with van der Waals surface area (Å²) in [5.74, 6) is 0.580. The van der Waals surface area contributed by atoms with Gasteiger partial charge < -0.3 is 20.1 Å². The van der Waals surface area contributed by atoms with Crippen molar-refractivity contribution >= 4 is 50.5 Å². The van der Waals surface area contributed by atoms with Gasteiger partial charge in [0.2, 0.25) is 5.91 Å². The number of halogens is 1. The van der Waals surface area contributed by atoms with Gasteiger partial charge in [0.15, 0.2) is 10.8 Å². The van der Waals surface area contributed by atoms with Crippen molar-refractivity contribution in [3.05, 3.63) is 81.8 Å². The van der Waals surface area contributed by atoms with Crippen LogP contribution in [0.5, 0.6) is 11.5 Å². The average molecular weight is 552 g/mol. The molecule has 180 valence electrons. The number of hydrogen-bond donors (Lipinski definition) is 2. The van der Waals surface area contributed by atoms with E-state index in [0.717, 1.165) is 32.5 Å². The molecule has 2 aliphatic heterocycles. The topological polar surface area (TPSA) is 62.8 Å². The van der Waals surface area contributed by atoms with Crippen molar-refractivity contribution in [1.82, 2.24) is 5.32 Å². The molecular formula is C27H26BrN3O3S. The number of ether oxygens (including phenoxy) is 2. The molecule has 6 nitrogen and oxygen atoms in total. The van der Waals surface area contributed by atoms with E-state index in [-0.39, 0.29) is 5.91 Å². The van der Waals surface area contributed by atoms with Crippen LogP contribution in [0.1, 0.15) is 29.7 Å². The van der Waals surface area contributed by atoms with Crippen LogP contribution < -0.4 is 25.0 Å². The Bertz CT molecular complexity index is 1350. The normalized spacial score (nSPS) is 22.5. The van der Waals surface area contributed by atoms with Crippen molar-refractivity contribution in [2.45, 2.75) is 32.5 Å². The third-order valence-electron chi connectivity index (χ3n) is 6.69. The highest BCUT2D eigenvalue weighted by molar-refractivity contribution is 9.10. The van der Waals surface area contributed by atoms with E-state index in [1.165, 1.54) is 0 Å². The molecule has 1 amide bonds. The average Bonchev–Trinajstić information content (AvgIpc) is 2.80. The van der Waals surface area contributed by atoms with Gasteiger partial charge in [-0.2, -0.15) is 0 Å². The SMILES string of the molecule is COc1ccc2c(c1)[C@@H]1NC(=S)N(c3cccc(Br)c3)[C@@](C)(O2)[C@H]1C(=O)Nc1ccc(C)cc1C. The van der Waals surface area contributed by atoms with Crippen molar-refractivity contribution < 1.29 is 14.3 Å². The molecule has 5 rings (SSSR count). The number of benzene rings is 3. The highest BCUT2D eigenvalue weighted by atomic mass is 79.9. The molecular weight excluding hydrogens is 526 g/mol. The second-order valence-electron chi connectivity index (χ2n) is 9.09. The molecule has 3 aromatic carbocycles. The largest absolute Gasteiger partial charge is 0.497 e. The minimum Gasteiger partial charge on any atom is -0.497 e. The zero-order chi connectivity index (χ0) is 24.9. The molecule has 2 aliphatic rings. The van der Waals surface area contributed by atoms with Crippen LogP contribution in [0.15, 0.2) is 65.1 Å². The Morgan fingerprint density at radius 2 is 1.97 bits per heavy atom. The maximum absolute atomic E-state index is 14.0. The van der Waals surface area contributed by atoms with Crippen molar-refractivity contribution in [3.63, 3.8) is 0 Å². The van der Waals surface area contributed by atoms with Crippen molar-refractivity contribution in [1.29, 1.82) is 0 Å². The summed E-state index contributed by atoms with van der Waals surface area (Å²) in [7, 11) is 1.62. The van der Waals surface area contributed by atoms with E-state index in [1.807, 2.05) is 80.3 Å². The fourth-order valence-electron chi connectivity index (χ4n) is 5.06. The standard InChI is InChI=1S/C27H26BrN3O3S/c1-15-8-10-21(16(2)12-15)29-25(32)23-24-20-14-19(33-4)9-11-22(20)34-27(23,3)31(26(35)30-24)18-7-5-6-17(28)13-18/h5-14,23-24H,1-4H3,(H,29,32)(H,30,35)/t23-,24+,27+/m1/s1.